The van der Waals surface area contributed by atoms with Crippen LogP contribution in [0.5, 0.6) is 0 Å². The van der Waals surface area contributed by atoms with Crippen molar-refractivity contribution in [3.05, 3.63) is 21.9 Å². The summed E-state index contributed by atoms with van der Waals surface area (Å²) in [5.41, 5.74) is -0.719. The van der Waals surface area contributed by atoms with Gasteiger partial charge < -0.3 is 20.5 Å². The van der Waals surface area contributed by atoms with E-state index in [2.05, 4.69) is 15.5 Å². The lowest BCUT2D eigenvalue weighted by molar-refractivity contribution is -0.389. The lowest BCUT2D eigenvalue weighted by Gasteiger charge is -2.35. The molecule has 1 aromatic rings. The van der Waals surface area contributed by atoms with Crippen LogP contribution in [0, 0.1) is 10.1 Å². The van der Waals surface area contributed by atoms with E-state index in [0.29, 0.717) is 18.8 Å². The molecule has 1 aromatic heterocycles. The molecule has 70 valence electrons. The number of nitro groups is 1. The molecular formula is C6H8N4O3. The van der Waals surface area contributed by atoms with Crippen molar-refractivity contribution in [3.8, 4) is 0 Å². The lowest BCUT2D eigenvalue weighted by atomic mass is 9.93. The summed E-state index contributed by atoms with van der Waals surface area (Å²) in [5.74, 6) is -0.199. The predicted molar refractivity (Wildman–Crippen MR) is 42.0 cm³/mol. The molecule has 2 heterocycles. The van der Waals surface area contributed by atoms with Crippen LogP contribution < -0.4 is 5.32 Å². The van der Waals surface area contributed by atoms with Crippen molar-refractivity contribution in [1.29, 1.82) is 0 Å². The van der Waals surface area contributed by atoms with E-state index in [9.17, 15) is 15.2 Å². The fourth-order valence-electron chi connectivity index (χ4n) is 1.19. The molecule has 13 heavy (non-hydrogen) atoms. The molecule has 0 unspecified atom stereocenters. The smallest absolute Gasteiger partial charge is 0.342 e. The first-order valence-corrected chi connectivity index (χ1v) is 3.75. The number of β-amino-alcohol motifs (C(OH)–C–C–N with tert-alkyl or cyclic N) is 1. The quantitative estimate of drug-likeness (QED) is 0.408. The zero-order valence-corrected chi connectivity index (χ0v) is 6.65. The Morgan fingerprint density at radius 1 is 1.69 bits per heavy atom. The van der Waals surface area contributed by atoms with Gasteiger partial charge in [0.05, 0.1) is 6.07 Å². The third kappa shape index (κ3) is 1.18. The van der Waals surface area contributed by atoms with Gasteiger partial charge in [-0.2, -0.15) is 0 Å². The summed E-state index contributed by atoms with van der Waals surface area (Å²) in [5, 5.41) is 28.8. The molecule has 0 bridgehead atoms. The topological polar surface area (TPSA) is 104 Å². The Morgan fingerprint density at radius 3 is 2.77 bits per heavy atom. The molecule has 0 atom stereocenters. The Balaban J connectivity index is 2.27. The predicted octanol–water partition coefficient (Wildman–Crippen LogP) is -0.891. The third-order valence-electron chi connectivity index (χ3n) is 2.07. The number of aliphatic hydroxyl groups is 1. The first-order chi connectivity index (χ1) is 6.12. The van der Waals surface area contributed by atoms with Gasteiger partial charge in [0.25, 0.3) is 0 Å². The van der Waals surface area contributed by atoms with Gasteiger partial charge in [0.15, 0.2) is 0 Å². The standard InChI is InChI=1S/C6H8N4O3/c11-6(2-7-3-6)4-1-5(9-8-4)10(12)13/h1,7,11H,2-3H2,(H,8,9). The Labute approximate surface area is 72.9 Å². The summed E-state index contributed by atoms with van der Waals surface area (Å²) in [7, 11) is 0. The van der Waals surface area contributed by atoms with Crippen molar-refractivity contribution in [1.82, 2.24) is 15.5 Å². The molecule has 0 saturated carbocycles. The summed E-state index contributed by atoms with van der Waals surface area (Å²) in [6.45, 7) is 0.768. The number of aromatic nitrogens is 2. The van der Waals surface area contributed by atoms with Crippen LogP contribution in [-0.2, 0) is 5.60 Å². The Morgan fingerprint density at radius 2 is 2.38 bits per heavy atom. The van der Waals surface area contributed by atoms with Gasteiger partial charge in [0, 0.05) is 13.1 Å². The van der Waals surface area contributed by atoms with Gasteiger partial charge in [0.2, 0.25) is 0 Å². The van der Waals surface area contributed by atoms with E-state index in [1.807, 2.05) is 0 Å². The highest BCUT2D eigenvalue weighted by atomic mass is 16.6. The van der Waals surface area contributed by atoms with Crippen LogP contribution in [0.2, 0.25) is 0 Å². The van der Waals surface area contributed by atoms with Crippen LogP contribution in [0.15, 0.2) is 6.07 Å². The minimum absolute atomic E-state index is 0.199. The molecule has 7 nitrogen and oxygen atoms in total. The van der Waals surface area contributed by atoms with Crippen LogP contribution >= 0.6 is 0 Å². The van der Waals surface area contributed by atoms with Gasteiger partial charge in [-0.05, 0) is 4.92 Å². The highest BCUT2D eigenvalue weighted by molar-refractivity contribution is 5.27. The minimum atomic E-state index is -1.04. The summed E-state index contributed by atoms with van der Waals surface area (Å²) in [6.07, 6.45) is 0. The molecule has 0 spiro atoms. The van der Waals surface area contributed by atoms with E-state index in [1.165, 1.54) is 6.07 Å². The van der Waals surface area contributed by atoms with Gasteiger partial charge in [-0.25, -0.2) is 0 Å². The Hall–Kier alpha value is -1.47. The number of nitrogens with zero attached hydrogens (tertiary/aromatic N) is 2. The summed E-state index contributed by atoms with van der Waals surface area (Å²) < 4.78 is 0. The van der Waals surface area contributed by atoms with Crippen LogP contribution in [0.3, 0.4) is 0 Å². The maximum Gasteiger partial charge on any atom is 0.342 e. The molecule has 1 fully saturated rings. The number of aromatic amines is 1. The zero-order chi connectivity index (χ0) is 9.47. The van der Waals surface area contributed by atoms with Crippen LogP contribution in [0.1, 0.15) is 5.69 Å². The maximum absolute atomic E-state index is 10.3. The molecule has 0 aliphatic carbocycles. The molecule has 0 amide bonds. The number of hydrogen-bond acceptors (Lipinski definition) is 5. The average molecular weight is 184 g/mol. The molecule has 0 aromatic carbocycles. The molecule has 0 radical (unpaired) electrons. The molecule has 1 aliphatic rings. The van der Waals surface area contributed by atoms with Crippen molar-refractivity contribution in [2.45, 2.75) is 5.60 Å². The van der Waals surface area contributed by atoms with Gasteiger partial charge in [-0.15, -0.1) is 5.10 Å². The SMILES string of the molecule is O=[N+]([O-])c1cc(C2(O)CNC2)n[nH]1. The van der Waals surface area contributed by atoms with Crippen LogP contribution in [0.25, 0.3) is 0 Å². The number of rotatable bonds is 2. The van der Waals surface area contributed by atoms with Crippen molar-refractivity contribution >= 4 is 5.82 Å². The summed E-state index contributed by atoms with van der Waals surface area (Å²) in [6, 6.07) is 1.25. The largest absolute Gasteiger partial charge is 0.381 e. The van der Waals surface area contributed by atoms with Crippen molar-refractivity contribution in [3.63, 3.8) is 0 Å². The fourth-order valence-corrected chi connectivity index (χ4v) is 1.19. The number of H-pyrrole nitrogens is 1. The average Bonchev–Trinajstić information content (AvgIpc) is 2.48. The van der Waals surface area contributed by atoms with Gasteiger partial charge in [0.1, 0.15) is 11.3 Å². The lowest BCUT2D eigenvalue weighted by Crippen LogP contribution is -2.56. The minimum Gasteiger partial charge on any atom is -0.381 e. The van der Waals surface area contributed by atoms with Crippen LogP contribution in [-0.4, -0.2) is 33.3 Å². The van der Waals surface area contributed by atoms with Gasteiger partial charge >= 0.3 is 5.82 Å². The van der Waals surface area contributed by atoms with Gasteiger partial charge in [-0.3, -0.25) is 0 Å². The Kier molecular flexibility index (Phi) is 1.57. The van der Waals surface area contributed by atoms with Crippen molar-refractivity contribution in [2.24, 2.45) is 0 Å². The monoisotopic (exact) mass is 184 g/mol. The molecule has 1 saturated heterocycles. The fraction of sp³-hybridized carbons (Fsp3) is 0.500. The van der Waals surface area contributed by atoms with E-state index in [0.717, 1.165) is 0 Å². The molecule has 1 aliphatic heterocycles. The molecule has 7 heteroatoms. The molecular weight excluding hydrogens is 176 g/mol. The second kappa shape index (κ2) is 2.51. The summed E-state index contributed by atoms with van der Waals surface area (Å²) in [4.78, 5) is 9.71. The van der Waals surface area contributed by atoms with E-state index < -0.39 is 10.5 Å². The second-order valence-corrected chi connectivity index (χ2v) is 3.03. The van der Waals surface area contributed by atoms with E-state index >= 15 is 0 Å². The number of hydrogen-bond donors (Lipinski definition) is 3. The van der Waals surface area contributed by atoms with E-state index in [-0.39, 0.29) is 5.82 Å². The van der Waals surface area contributed by atoms with Crippen molar-refractivity contribution in [2.75, 3.05) is 13.1 Å². The Bertz CT molecular complexity index is 343. The normalized spacial score (nSPS) is 19.5. The summed E-state index contributed by atoms with van der Waals surface area (Å²) >= 11 is 0. The number of nitrogens with one attached hydrogen (secondary N) is 2. The van der Waals surface area contributed by atoms with Gasteiger partial charge in [-0.1, -0.05) is 5.10 Å². The van der Waals surface area contributed by atoms with E-state index in [1.54, 1.807) is 0 Å². The first-order valence-electron chi connectivity index (χ1n) is 3.75. The highest BCUT2D eigenvalue weighted by Gasteiger charge is 2.40. The van der Waals surface area contributed by atoms with E-state index in [4.69, 9.17) is 0 Å². The van der Waals surface area contributed by atoms with Crippen LogP contribution in [0.4, 0.5) is 5.82 Å². The zero-order valence-electron chi connectivity index (χ0n) is 6.65. The second-order valence-electron chi connectivity index (χ2n) is 3.03. The third-order valence-corrected chi connectivity index (χ3v) is 2.07. The maximum atomic E-state index is 10.3. The van der Waals surface area contributed by atoms with Crippen molar-refractivity contribution < 1.29 is 10.0 Å². The molecule has 2 rings (SSSR count). The molecule has 3 N–H and O–H groups in total. The highest BCUT2D eigenvalue weighted by Crippen LogP contribution is 2.25. The first kappa shape index (κ1) is 8.14.